The van der Waals surface area contributed by atoms with Crippen molar-refractivity contribution < 1.29 is 9.59 Å². The van der Waals surface area contributed by atoms with E-state index in [2.05, 4.69) is 38.5 Å². The van der Waals surface area contributed by atoms with Crippen LogP contribution in [0.1, 0.15) is 64.1 Å². The number of fused-ring (bicyclic) bond motifs is 2. The van der Waals surface area contributed by atoms with Crippen molar-refractivity contribution in [3.05, 3.63) is 94.7 Å². The van der Waals surface area contributed by atoms with E-state index in [1.165, 1.54) is 11.1 Å². The first-order chi connectivity index (χ1) is 18.9. The van der Waals surface area contributed by atoms with E-state index in [-0.39, 0.29) is 17.9 Å². The van der Waals surface area contributed by atoms with Gasteiger partial charge in [-0.2, -0.15) is 0 Å². The standard InChI is InChI=1S/C31H32N6O2/c1-20-3-7-25(16-22(20)4-8-27-17-33-30-18-32-12-14-37(27)30)35-31(39)24-5-9-28-23(15-24)6-10-29(28)36-13-11-26(19-36)34-21(2)38/h3-5,7-9,12,14-18,26,29H,6,10-11,13,19H2,1-2H3,(H,34,38)(H,35,39)/b8-4+. The van der Waals surface area contributed by atoms with Gasteiger partial charge in [-0.05, 0) is 78.8 Å². The summed E-state index contributed by atoms with van der Waals surface area (Å²) in [5.74, 6) is -0.0769. The smallest absolute Gasteiger partial charge is 0.255 e. The van der Waals surface area contributed by atoms with E-state index in [1.54, 1.807) is 19.3 Å². The number of amides is 2. The third-order valence-electron chi connectivity index (χ3n) is 7.84. The number of benzene rings is 2. The average molecular weight is 521 g/mol. The molecule has 2 N–H and O–H groups in total. The summed E-state index contributed by atoms with van der Waals surface area (Å²) >= 11 is 0. The summed E-state index contributed by atoms with van der Waals surface area (Å²) in [6, 6.07) is 12.6. The lowest BCUT2D eigenvalue weighted by atomic mass is 10.0. The van der Waals surface area contributed by atoms with E-state index in [4.69, 9.17) is 0 Å². The molecule has 1 aliphatic carbocycles. The molecule has 39 heavy (non-hydrogen) atoms. The normalized spacial score (nSPS) is 19.0. The molecule has 2 unspecified atom stereocenters. The van der Waals surface area contributed by atoms with Crippen LogP contribution in [0.2, 0.25) is 0 Å². The number of carbonyl (C=O) groups excluding carboxylic acids is 2. The van der Waals surface area contributed by atoms with Crippen LogP contribution < -0.4 is 10.6 Å². The number of aromatic nitrogens is 3. The van der Waals surface area contributed by atoms with E-state index in [0.29, 0.717) is 11.6 Å². The number of hydrogen-bond acceptors (Lipinski definition) is 5. The summed E-state index contributed by atoms with van der Waals surface area (Å²) < 4.78 is 1.98. The third kappa shape index (κ3) is 5.20. The zero-order valence-corrected chi connectivity index (χ0v) is 22.2. The van der Waals surface area contributed by atoms with Gasteiger partial charge in [-0.1, -0.05) is 18.2 Å². The molecule has 1 aliphatic heterocycles. The van der Waals surface area contributed by atoms with E-state index < -0.39 is 0 Å². The maximum Gasteiger partial charge on any atom is 0.255 e. The van der Waals surface area contributed by atoms with Crippen molar-refractivity contribution in [2.75, 3.05) is 18.4 Å². The first-order valence-corrected chi connectivity index (χ1v) is 13.5. The van der Waals surface area contributed by atoms with Crippen molar-refractivity contribution in [1.82, 2.24) is 24.6 Å². The molecule has 2 atom stereocenters. The highest BCUT2D eigenvalue weighted by atomic mass is 16.2. The maximum atomic E-state index is 13.2. The predicted molar refractivity (Wildman–Crippen MR) is 152 cm³/mol. The molecule has 3 heterocycles. The van der Waals surface area contributed by atoms with Gasteiger partial charge in [0.05, 0.1) is 18.1 Å². The van der Waals surface area contributed by atoms with Gasteiger partial charge in [0, 0.05) is 55.7 Å². The van der Waals surface area contributed by atoms with Crippen molar-refractivity contribution in [3.8, 4) is 0 Å². The number of likely N-dealkylation sites (tertiary alicyclic amines) is 1. The molecule has 2 aromatic heterocycles. The van der Waals surface area contributed by atoms with Gasteiger partial charge in [-0.25, -0.2) is 4.98 Å². The SMILES string of the molecule is CC(=O)NC1CCN(C2CCc3cc(C(=O)Nc4ccc(C)c(/C=C/c5cnc6cnccn56)c4)ccc32)C1. The molecule has 198 valence electrons. The number of rotatable bonds is 6. The van der Waals surface area contributed by atoms with Crippen molar-refractivity contribution in [2.24, 2.45) is 0 Å². The quantitative estimate of drug-likeness (QED) is 0.386. The van der Waals surface area contributed by atoms with Crippen LogP contribution in [0.25, 0.3) is 17.8 Å². The minimum atomic E-state index is -0.110. The zero-order chi connectivity index (χ0) is 26.9. The van der Waals surface area contributed by atoms with Gasteiger partial charge >= 0.3 is 0 Å². The Bertz CT molecular complexity index is 1590. The molecule has 1 fully saturated rings. The summed E-state index contributed by atoms with van der Waals surface area (Å²) in [6.45, 7) is 5.50. The van der Waals surface area contributed by atoms with E-state index in [1.807, 2.05) is 59.3 Å². The molecule has 1 saturated heterocycles. The number of aryl methyl sites for hydroxylation is 2. The van der Waals surface area contributed by atoms with Crippen LogP contribution in [0.4, 0.5) is 5.69 Å². The number of nitrogens with zero attached hydrogens (tertiary/aromatic N) is 4. The molecule has 6 rings (SSSR count). The Morgan fingerprint density at radius 1 is 1.08 bits per heavy atom. The molecular formula is C31H32N6O2. The number of hydrogen-bond donors (Lipinski definition) is 2. The Hall–Kier alpha value is -4.30. The fourth-order valence-electron chi connectivity index (χ4n) is 5.85. The highest BCUT2D eigenvalue weighted by Crippen LogP contribution is 2.38. The Labute approximate surface area is 227 Å². The molecule has 0 bridgehead atoms. The molecular weight excluding hydrogens is 488 g/mol. The molecule has 2 aliphatic rings. The topological polar surface area (TPSA) is 91.6 Å². The highest BCUT2D eigenvalue weighted by molar-refractivity contribution is 6.04. The average Bonchev–Trinajstić information content (AvgIpc) is 3.66. The lowest BCUT2D eigenvalue weighted by molar-refractivity contribution is -0.119. The minimum Gasteiger partial charge on any atom is -0.352 e. The largest absolute Gasteiger partial charge is 0.352 e. The predicted octanol–water partition coefficient (Wildman–Crippen LogP) is 4.66. The first-order valence-electron chi connectivity index (χ1n) is 13.5. The fourth-order valence-corrected chi connectivity index (χ4v) is 5.85. The molecule has 0 saturated carbocycles. The van der Waals surface area contributed by atoms with Gasteiger partial charge < -0.3 is 10.6 Å². The molecule has 8 heteroatoms. The van der Waals surface area contributed by atoms with Crippen LogP contribution in [-0.2, 0) is 11.2 Å². The van der Waals surface area contributed by atoms with Crippen molar-refractivity contribution in [2.45, 2.75) is 45.2 Å². The Morgan fingerprint density at radius 3 is 2.85 bits per heavy atom. The van der Waals surface area contributed by atoms with Gasteiger partial charge in [0.25, 0.3) is 5.91 Å². The summed E-state index contributed by atoms with van der Waals surface area (Å²) in [7, 11) is 0. The molecule has 0 radical (unpaired) electrons. The summed E-state index contributed by atoms with van der Waals surface area (Å²) in [4.78, 5) is 35.6. The zero-order valence-electron chi connectivity index (χ0n) is 22.2. The summed E-state index contributed by atoms with van der Waals surface area (Å²) in [6.07, 6.45) is 14.2. The molecule has 8 nitrogen and oxygen atoms in total. The van der Waals surface area contributed by atoms with E-state index >= 15 is 0 Å². The monoisotopic (exact) mass is 520 g/mol. The molecule has 0 spiro atoms. The minimum absolute atomic E-state index is 0.0331. The number of nitrogens with one attached hydrogen (secondary N) is 2. The summed E-state index contributed by atoms with van der Waals surface area (Å²) in [5.41, 5.74) is 7.87. The second kappa shape index (κ2) is 10.5. The number of imidazole rings is 1. The third-order valence-corrected chi connectivity index (χ3v) is 7.84. The molecule has 4 aromatic rings. The maximum absolute atomic E-state index is 13.2. The van der Waals surface area contributed by atoms with Crippen LogP contribution in [0.3, 0.4) is 0 Å². The lowest BCUT2D eigenvalue weighted by Gasteiger charge is -2.25. The number of anilines is 1. The molecule has 2 amide bonds. The Balaban J connectivity index is 1.14. The van der Waals surface area contributed by atoms with E-state index in [9.17, 15) is 9.59 Å². The van der Waals surface area contributed by atoms with Gasteiger partial charge in [0.2, 0.25) is 5.91 Å². The first kappa shape index (κ1) is 25.0. The van der Waals surface area contributed by atoms with Crippen molar-refractivity contribution >= 4 is 35.3 Å². The summed E-state index contributed by atoms with van der Waals surface area (Å²) in [5, 5.41) is 6.13. The van der Waals surface area contributed by atoms with Crippen LogP contribution in [0, 0.1) is 6.92 Å². The van der Waals surface area contributed by atoms with Gasteiger partial charge in [0.1, 0.15) is 0 Å². The number of carbonyl (C=O) groups is 2. The van der Waals surface area contributed by atoms with Crippen LogP contribution in [0.5, 0.6) is 0 Å². The van der Waals surface area contributed by atoms with Crippen LogP contribution >= 0.6 is 0 Å². The van der Waals surface area contributed by atoms with Crippen molar-refractivity contribution in [1.29, 1.82) is 0 Å². The van der Waals surface area contributed by atoms with Crippen molar-refractivity contribution in [3.63, 3.8) is 0 Å². The van der Waals surface area contributed by atoms with Gasteiger partial charge in [-0.3, -0.25) is 23.9 Å². The Morgan fingerprint density at radius 2 is 1.97 bits per heavy atom. The van der Waals surface area contributed by atoms with Crippen LogP contribution in [0.15, 0.2) is 61.2 Å². The highest BCUT2D eigenvalue weighted by Gasteiger charge is 2.33. The molecule has 2 aromatic carbocycles. The second-order valence-corrected chi connectivity index (χ2v) is 10.5. The fraction of sp³-hybridized carbons (Fsp3) is 0.290. The van der Waals surface area contributed by atoms with Gasteiger partial charge in [0.15, 0.2) is 5.65 Å². The Kier molecular flexibility index (Phi) is 6.70. The van der Waals surface area contributed by atoms with E-state index in [0.717, 1.165) is 60.5 Å². The lowest BCUT2D eigenvalue weighted by Crippen LogP contribution is -2.36. The van der Waals surface area contributed by atoms with Gasteiger partial charge in [-0.15, -0.1) is 0 Å². The second-order valence-electron chi connectivity index (χ2n) is 10.5. The van der Waals surface area contributed by atoms with Crippen LogP contribution in [-0.4, -0.2) is 50.2 Å².